The van der Waals surface area contributed by atoms with Gasteiger partial charge in [-0.3, -0.25) is 0 Å². The minimum atomic E-state index is -0.720. The summed E-state index contributed by atoms with van der Waals surface area (Å²) in [7, 11) is 3.66. The molecule has 0 bridgehead atoms. The van der Waals surface area contributed by atoms with Gasteiger partial charge in [-0.1, -0.05) is 19.4 Å². The number of methoxy groups -OCH3 is 1. The Hall–Kier alpha value is -3.83. The lowest BCUT2D eigenvalue weighted by Gasteiger charge is -2.44. The Morgan fingerprint density at radius 1 is 1.02 bits per heavy atom. The monoisotopic (exact) mass is 633 g/mol. The molecule has 11 heteroatoms. The third kappa shape index (κ3) is 5.27. The molecule has 4 aromatic rings. The number of piperidine rings is 1. The first-order valence-electron chi connectivity index (χ1n) is 16.4. The summed E-state index contributed by atoms with van der Waals surface area (Å²) < 4.78 is 50.1. The molecule has 2 aromatic heterocycles. The second kappa shape index (κ2) is 12.4. The fourth-order valence-electron chi connectivity index (χ4n) is 8.10. The molecule has 9 nitrogen and oxygen atoms in total. The van der Waals surface area contributed by atoms with Crippen molar-refractivity contribution in [3.05, 3.63) is 41.5 Å². The van der Waals surface area contributed by atoms with Crippen molar-refractivity contribution in [3.8, 4) is 28.9 Å². The topological polar surface area (TPSA) is 93.1 Å². The van der Waals surface area contributed by atoms with Crippen LogP contribution in [0.3, 0.4) is 0 Å². The Morgan fingerprint density at radius 3 is 2.70 bits per heavy atom. The van der Waals surface area contributed by atoms with E-state index in [1.165, 1.54) is 19.2 Å². The molecular weight excluding hydrogens is 592 g/mol. The van der Waals surface area contributed by atoms with Crippen LogP contribution in [0.2, 0.25) is 0 Å². The first-order valence-corrected chi connectivity index (χ1v) is 16.4. The molecule has 0 radical (unpaired) electrons. The quantitative estimate of drug-likeness (QED) is 0.253. The maximum Gasteiger partial charge on any atom is 0.319 e. The van der Waals surface area contributed by atoms with Gasteiger partial charge >= 0.3 is 6.01 Å². The summed E-state index contributed by atoms with van der Waals surface area (Å²) in [5, 5.41) is 12.1. The van der Waals surface area contributed by atoms with E-state index in [1.54, 1.807) is 12.1 Å². The van der Waals surface area contributed by atoms with Gasteiger partial charge in [0, 0.05) is 36.7 Å². The number of fused-ring (bicyclic) bond motifs is 3. The highest BCUT2D eigenvalue weighted by Crippen LogP contribution is 2.48. The molecular formula is C35H41F2N5O4. The van der Waals surface area contributed by atoms with Crippen LogP contribution in [0, 0.1) is 17.0 Å². The molecule has 1 N–H and O–H groups in total. The second-order valence-electron chi connectivity index (χ2n) is 12.9. The highest BCUT2D eigenvalue weighted by Gasteiger charge is 2.47. The van der Waals surface area contributed by atoms with Crippen LogP contribution in [-0.2, 0) is 11.2 Å². The number of likely N-dealkylation sites (tertiary alicyclic amines) is 1. The lowest BCUT2D eigenvalue weighted by atomic mass is 9.76. The van der Waals surface area contributed by atoms with Gasteiger partial charge in [0.05, 0.1) is 20.3 Å². The number of benzene rings is 2. The van der Waals surface area contributed by atoms with Crippen LogP contribution in [0.25, 0.3) is 32.9 Å². The minimum Gasteiger partial charge on any atom is -0.508 e. The largest absolute Gasteiger partial charge is 0.508 e. The van der Waals surface area contributed by atoms with Gasteiger partial charge in [-0.15, -0.1) is 0 Å². The number of phenolic OH excluding ortho intramolecular Hbond substituents is 1. The number of aromatic hydroxyl groups is 1. The average Bonchev–Trinajstić information content (AvgIpc) is 3.31. The van der Waals surface area contributed by atoms with Gasteiger partial charge in [-0.25, -0.2) is 13.8 Å². The SMILES string of the molecule is CCc1c(F)ccc2cc(O)cc(-c3nc(OC)c4c(N5CCCOCC5)nc(OC[C@]56CCC[C@H]5N(C)CCC6)nc4c3F)c12. The molecule has 2 aliphatic heterocycles. The number of halogens is 2. The predicted molar refractivity (Wildman–Crippen MR) is 173 cm³/mol. The lowest BCUT2D eigenvalue weighted by Crippen LogP contribution is -2.50. The highest BCUT2D eigenvalue weighted by atomic mass is 19.1. The number of nitrogens with zero attached hydrogens (tertiary/aromatic N) is 5. The summed E-state index contributed by atoms with van der Waals surface area (Å²) >= 11 is 0. The van der Waals surface area contributed by atoms with Gasteiger partial charge in [0.25, 0.3) is 0 Å². The van der Waals surface area contributed by atoms with Crippen molar-refractivity contribution in [2.24, 2.45) is 5.41 Å². The van der Waals surface area contributed by atoms with E-state index in [4.69, 9.17) is 19.2 Å². The second-order valence-corrected chi connectivity index (χ2v) is 12.9. The normalized spacial score (nSPS) is 22.3. The Balaban J connectivity index is 1.42. The lowest BCUT2D eigenvalue weighted by molar-refractivity contribution is 0.0133. The molecule has 0 amide bonds. The van der Waals surface area contributed by atoms with Gasteiger partial charge in [-0.2, -0.15) is 9.97 Å². The minimum absolute atomic E-state index is 0.000746. The van der Waals surface area contributed by atoms with E-state index >= 15 is 8.78 Å². The molecule has 244 valence electrons. The molecule has 46 heavy (non-hydrogen) atoms. The molecule has 2 aromatic carbocycles. The number of anilines is 1. The van der Waals surface area contributed by atoms with E-state index in [-0.39, 0.29) is 39.8 Å². The molecule has 1 saturated carbocycles. The van der Waals surface area contributed by atoms with Gasteiger partial charge in [0.1, 0.15) is 34.0 Å². The molecule has 1 aliphatic carbocycles. The number of rotatable bonds is 7. The fraction of sp³-hybridized carbons (Fsp3) is 0.514. The Morgan fingerprint density at radius 2 is 1.87 bits per heavy atom. The van der Waals surface area contributed by atoms with E-state index in [2.05, 4.69) is 21.9 Å². The number of aromatic nitrogens is 3. The third-order valence-corrected chi connectivity index (χ3v) is 10.3. The van der Waals surface area contributed by atoms with E-state index in [0.29, 0.717) is 72.9 Å². The van der Waals surface area contributed by atoms with Crippen LogP contribution in [0.4, 0.5) is 14.6 Å². The molecule has 3 fully saturated rings. The van der Waals surface area contributed by atoms with Gasteiger partial charge in [0.2, 0.25) is 5.88 Å². The number of hydrogen-bond donors (Lipinski definition) is 1. The van der Waals surface area contributed by atoms with Gasteiger partial charge in [-0.05, 0) is 86.7 Å². The summed E-state index contributed by atoms with van der Waals surface area (Å²) in [5.41, 5.74) is 0.575. The molecule has 0 spiro atoms. The Kier molecular flexibility index (Phi) is 8.31. The summed E-state index contributed by atoms with van der Waals surface area (Å²) in [6, 6.07) is 6.43. The number of ether oxygens (including phenoxy) is 3. The maximum absolute atomic E-state index is 17.0. The van der Waals surface area contributed by atoms with Gasteiger partial charge < -0.3 is 29.1 Å². The Labute approximate surface area is 267 Å². The highest BCUT2D eigenvalue weighted by molar-refractivity contribution is 6.03. The first kappa shape index (κ1) is 30.8. The van der Waals surface area contributed by atoms with Crippen LogP contribution < -0.4 is 14.4 Å². The maximum atomic E-state index is 17.0. The van der Waals surface area contributed by atoms with Crippen LogP contribution in [0.15, 0.2) is 24.3 Å². The smallest absolute Gasteiger partial charge is 0.319 e. The molecule has 0 unspecified atom stereocenters. The average molecular weight is 634 g/mol. The van der Waals surface area contributed by atoms with E-state index < -0.39 is 11.6 Å². The molecule has 2 atom stereocenters. The van der Waals surface area contributed by atoms with Crippen LogP contribution >= 0.6 is 0 Å². The fourth-order valence-corrected chi connectivity index (χ4v) is 8.10. The predicted octanol–water partition coefficient (Wildman–Crippen LogP) is 6.27. The number of pyridine rings is 1. The first-order chi connectivity index (χ1) is 22.3. The molecule has 2 saturated heterocycles. The van der Waals surface area contributed by atoms with Crippen molar-refractivity contribution in [3.63, 3.8) is 0 Å². The third-order valence-electron chi connectivity index (χ3n) is 10.3. The van der Waals surface area contributed by atoms with Crippen LogP contribution in [-0.4, -0.2) is 84.6 Å². The summed E-state index contributed by atoms with van der Waals surface area (Å²) in [6.45, 7) is 5.67. The van der Waals surface area contributed by atoms with Crippen LogP contribution in [0.5, 0.6) is 17.6 Å². The van der Waals surface area contributed by atoms with Crippen molar-refractivity contribution in [1.29, 1.82) is 0 Å². The molecule has 3 aliphatic rings. The zero-order valence-electron chi connectivity index (χ0n) is 26.7. The summed E-state index contributed by atoms with van der Waals surface area (Å²) in [4.78, 5) is 18.7. The van der Waals surface area contributed by atoms with Crippen molar-refractivity contribution in [2.45, 2.75) is 57.9 Å². The number of hydrogen-bond acceptors (Lipinski definition) is 9. The van der Waals surface area contributed by atoms with E-state index in [1.807, 2.05) is 11.8 Å². The number of aryl methyl sites for hydroxylation is 1. The summed E-state index contributed by atoms with van der Waals surface area (Å²) in [6.07, 6.45) is 6.67. The standard InChI is InChI=1S/C35H41F2N5O4/c1-4-23-25(36)10-9-21-18-22(43)19-24(27(21)23)30-29(37)31-28(33(38-30)44-3)32(42-14-7-16-45-17-15-42)40-34(39-31)46-20-35-11-5-8-26(35)41(2)13-6-12-35/h9-10,18-19,26,43H,4-8,11-17,20H2,1-3H3/t26-,35-/m1/s1. The van der Waals surface area contributed by atoms with Gasteiger partial charge in [0.15, 0.2) is 5.82 Å². The summed E-state index contributed by atoms with van der Waals surface area (Å²) in [5.74, 6) is -0.606. The zero-order valence-corrected chi connectivity index (χ0v) is 26.7. The molecule has 4 heterocycles. The van der Waals surface area contributed by atoms with E-state index in [9.17, 15) is 5.11 Å². The number of phenols is 1. The van der Waals surface area contributed by atoms with E-state index in [0.717, 1.165) is 45.1 Å². The zero-order chi connectivity index (χ0) is 32.0. The molecule has 7 rings (SSSR count). The Bertz CT molecular complexity index is 1780. The van der Waals surface area contributed by atoms with Crippen LogP contribution in [0.1, 0.15) is 51.0 Å². The van der Waals surface area contributed by atoms with Crippen molar-refractivity contribution >= 4 is 27.5 Å². The van der Waals surface area contributed by atoms with Crippen molar-refractivity contribution in [2.75, 3.05) is 58.5 Å². The van der Waals surface area contributed by atoms with Crippen molar-refractivity contribution in [1.82, 2.24) is 19.9 Å². The van der Waals surface area contributed by atoms with Crippen molar-refractivity contribution < 1.29 is 28.1 Å².